The summed E-state index contributed by atoms with van der Waals surface area (Å²) in [4.78, 5) is 12.0. The molecule has 2 atom stereocenters. The van der Waals surface area contributed by atoms with Crippen LogP contribution in [0.3, 0.4) is 0 Å². The number of hydrogen-bond acceptors (Lipinski definition) is 2. The summed E-state index contributed by atoms with van der Waals surface area (Å²) in [5, 5.41) is 2.97. The lowest BCUT2D eigenvalue weighted by Gasteiger charge is -2.27. The van der Waals surface area contributed by atoms with E-state index in [9.17, 15) is 4.79 Å². The normalized spacial score (nSPS) is 15.0. The number of nitrogens with one attached hydrogen (secondary N) is 1. The molecule has 0 saturated carbocycles. The molecular weight excluding hydrogens is 224 g/mol. The van der Waals surface area contributed by atoms with E-state index < -0.39 is 6.04 Å². The predicted molar refractivity (Wildman–Crippen MR) is 75.2 cm³/mol. The molecule has 1 aromatic carbocycles. The van der Waals surface area contributed by atoms with Crippen LogP contribution in [0.4, 0.5) is 0 Å². The molecule has 0 bridgehead atoms. The van der Waals surface area contributed by atoms with Gasteiger partial charge in [-0.2, -0.15) is 0 Å². The van der Waals surface area contributed by atoms with Crippen molar-refractivity contribution in [2.75, 3.05) is 0 Å². The first kappa shape index (κ1) is 14.7. The van der Waals surface area contributed by atoms with Crippen LogP contribution in [0.1, 0.15) is 44.9 Å². The minimum Gasteiger partial charge on any atom is -0.348 e. The maximum atomic E-state index is 12.0. The SMILES string of the molecule is Cc1cccc([C@H](C)NC(=O)[C@@H](N)C(C)(C)C)c1. The summed E-state index contributed by atoms with van der Waals surface area (Å²) in [6, 6.07) is 7.61. The van der Waals surface area contributed by atoms with Crippen LogP contribution >= 0.6 is 0 Å². The van der Waals surface area contributed by atoms with Gasteiger partial charge in [0.15, 0.2) is 0 Å². The Morgan fingerprint density at radius 1 is 1.33 bits per heavy atom. The Morgan fingerprint density at radius 2 is 1.94 bits per heavy atom. The standard InChI is InChI=1S/C15H24N2O/c1-10-7-6-8-12(9-10)11(2)17-14(18)13(16)15(3,4)5/h6-9,11,13H,16H2,1-5H3,(H,17,18)/t11-,13+/m0/s1. The molecule has 0 saturated heterocycles. The molecule has 0 aliphatic carbocycles. The van der Waals surface area contributed by atoms with Crippen LogP contribution in [0.2, 0.25) is 0 Å². The zero-order valence-electron chi connectivity index (χ0n) is 11.9. The molecular formula is C15H24N2O. The van der Waals surface area contributed by atoms with Crippen LogP contribution in [0.25, 0.3) is 0 Å². The molecule has 3 heteroatoms. The van der Waals surface area contributed by atoms with Crippen molar-refractivity contribution < 1.29 is 4.79 Å². The van der Waals surface area contributed by atoms with E-state index >= 15 is 0 Å². The summed E-state index contributed by atoms with van der Waals surface area (Å²) in [5.41, 5.74) is 8.00. The van der Waals surface area contributed by atoms with Crippen LogP contribution in [-0.2, 0) is 4.79 Å². The fourth-order valence-electron chi connectivity index (χ4n) is 1.72. The smallest absolute Gasteiger partial charge is 0.237 e. The Labute approximate surface area is 110 Å². The molecule has 3 N–H and O–H groups in total. The maximum Gasteiger partial charge on any atom is 0.237 e. The molecule has 0 fully saturated rings. The second-order valence-corrected chi connectivity index (χ2v) is 5.99. The molecule has 0 spiro atoms. The average Bonchev–Trinajstić information content (AvgIpc) is 2.26. The van der Waals surface area contributed by atoms with Crippen molar-refractivity contribution in [2.45, 2.75) is 46.7 Å². The van der Waals surface area contributed by atoms with Gasteiger partial charge in [-0.1, -0.05) is 50.6 Å². The van der Waals surface area contributed by atoms with E-state index in [1.54, 1.807) is 0 Å². The highest BCUT2D eigenvalue weighted by atomic mass is 16.2. The second kappa shape index (κ2) is 5.53. The van der Waals surface area contributed by atoms with Gasteiger partial charge in [-0.15, -0.1) is 0 Å². The largest absolute Gasteiger partial charge is 0.348 e. The molecule has 0 aliphatic rings. The van der Waals surface area contributed by atoms with E-state index in [2.05, 4.69) is 11.4 Å². The maximum absolute atomic E-state index is 12.0. The minimum atomic E-state index is -0.496. The molecule has 1 amide bonds. The molecule has 18 heavy (non-hydrogen) atoms. The number of carbonyl (C=O) groups excluding carboxylic acids is 1. The number of amides is 1. The van der Waals surface area contributed by atoms with Crippen molar-refractivity contribution in [1.29, 1.82) is 0 Å². The molecule has 0 unspecified atom stereocenters. The van der Waals surface area contributed by atoms with E-state index in [-0.39, 0.29) is 17.4 Å². The van der Waals surface area contributed by atoms with E-state index in [0.717, 1.165) is 5.56 Å². The number of benzene rings is 1. The van der Waals surface area contributed by atoms with Gasteiger partial charge in [0, 0.05) is 0 Å². The van der Waals surface area contributed by atoms with Crippen LogP contribution in [0, 0.1) is 12.3 Å². The summed E-state index contributed by atoms with van der Waals surface area (Å²) in [6.45, 7) is 9.92. The fourth-order valence-corrected chi connectivity index (χ4v) is 1.72. The van der Waals surface area contributed by atoms with Gasteiger partial charge >= 0.3 is 0 Å². The molecule has 0 heterocycles. The topological polar surface area (TPSA) is 55.1 Å². The molecule has 0 aliphatic heterocycles. The van der Waals surface area contributed by atoms with Gasteiger partial charge in [0.2, 0.25) is 5.91 Å². The van der Waals surface area contributed by atoms with Crippen molar-refractivity contribution in [3.8, 4) is 0 Å². The highest BCUT2D eigenvalue weighted by Crippen LogP contribution is 2.19. The molecule has 0 radical (unpaired) electrons. The van der Waals surface area contributed by atoms with Gasteiger partial charge in [-0.25, -0.2) is 0 Å². The zero-order chi connectivity index (χ0) is 13.9. The first-order valence-electron chi connectivity index (χ1n) is 6.34. The number of aryl methyl sites for hydroxylation is 1. The Bertz CT molecular complexity index is 421. The van der Waals surface area contributed by atoms with Gasteiger partial charge in [0.25, 0.3) is 0 Å². The van der Waals surface area contributed by atoms with E-state index in [1.165, 1.54) is 5.56 Å². The van der Waals surface area contributed by atoms with Gasteiger partial charge in [0.05, 0.1) is 12.1 Å². The van der Waals surface area contributed by atoms with E-state index in [1.807, 2.05) is 52.8 Å². The lowest BCUT2D eigenvalue weighted by molar-refractivity contribution is -0.125. The van der Waals surface area contributed by atoms with Gasteiger partial charge in [-0.05, 0) is 24.8 Å². The summed E-state index contributed by atoms with van der Waals surface area (Å²) < 4.78 is 0. The third-order valence-corrected chi connectivity index (χ3v) is 3.12. The first-order valence-corrected chi connectivity index (χ1v) is 6.34. The summed E-state index contributed by atoms with van der Waals surface area (Å²) >= 11 is 0. The van der Waals surface area contributed by atoms with Gasteiger partial charge in [0.1, 0.15) is 0 Å². The summed E-state index contributed by atoms with van der Waals surface area (Å²) in [6.07, 6.45) is 0. The number of hydrogen-bond donors (Lipinski definition) is 2. The molecule has 1 rings (SSSR count). The highest BCUT2D eigenvalue weighted by molar-refractivity contribution is 5.82. The summed E-state index contributed by atoms with van der Waals surface area (Å²) in [7, 11) is 0. The lowest BCUT2D eigenvalue weighted by Crippen LogP contribution is -2.49. The second-order valence-electron chi connectivity index (χ2n) is 5.99. The average molecular weight is 248 g/mol. The van der Waals surface area contributed by atoms with Crippen LogP contribution < -0.4 is 11.1 Å². The van der Waals surface area contributed by atoms with Crippen LogP contribution in [0.5, 0.6) is 0 Å². The fraction of sp³-hybridized carbons (Fsp3) is 0.533. The van der Waals surface area contributed by atoms with Crippen molar-refractivity contribution in [2.24, 2.45) is 11.1 Å². The van der Waals surface area contributed by atoms with E-state index in [4.69, 9.17) is 5.73 Å². The molecule has 1 aromatic rings. The highest BCUT2D eigenvalue weighted by Gasteiger charge is 2.28. The number of nitrogens with two attached hydrogens (primary N) is 1. The van der Waals surface area contributed by atoms with Crippen LogP contribution in [0.15, 0.2) is 24.3 Å². The van der Waals surface area contributed by atoms with Crippen molar-refractivity contribution in [3.05, 3.63) is 35.4 Å². The zero-order valence-corrected chi connectivity index (χ0v) is 11.9. The Kier molecular flexibility index (Phi) is 4.52. The molecule has 0 aromatic heterocycles. The van der Waals surface area contributed by atoms with Crippen LogP contribution in [-0.4, -0.2) is 11.9 Å². The van der Waals surface area contributed by atoms with Crippen molar-refractivity contribution in [3.63, 3.8) is 0 Å². The third-order valence-electron chi connectivity index (χ3n) is 3.12. The van der Waals surface area contributed by atoms with Crippen molar-refractivity contribution in [1.82, 2.24) is 5.32 Å². The first-order chi connectivity index (χ1) is 8.21. The number of rotatable bonds is 3. The van der Waals surface area contributed by atoms with E-state index in [0.29, 0.717) is 0 Å². The minimum absolute atomic E-state index is 0.0224. The summed E-state index contributed by atoms with van der Waals surface area (Å²) in [5.74, 6) is -0.100. The van der Waals surface area contributed by atoms with Gasteiger partial charge in [-0.3, -0.25) is 4.79 Å². The molecule has 3 nitrogen and oxygen atoms in total. The Balaban J connectivity index is 2.71. The Morgan fingerprint density at radius 3 is 2.44 bits per heavy atom. The Hall–Kier alpha value is -1.35. The molecule has 100 valence electrons. The quantitative estimate of drug-likeness (QED) is 0.863. The number of carbonyl (C=O) groups is 1. The lowest BCUT2D eigenvalue weighted by atomic mass is 9.86. The predicted octanol–water partition coefficient (Wildman–Crippen LogP) is 2.55. The van der Waals surface area contributed by atoms with Gasteiger partial charge < -0.3 is 11.1 Å². The van der Waals surface area contributed by atoms with Crippen molar-refractivity contribution >= 4 is 5.91 Å². The monoisotopic (exact) mass is 248 g/mol. The third kappa shape index (κ3) is 3.84.